The first-order valence-electron chi connectivity index (χ1n) is 12.1. The molecule has 0 aliphatic carbocycles. The lowest BCUT2D eigenvalue weighted by atomic mass is 9.90. The van der Waals surface area contributed by atoms with Crippen LogP contribution in [0.3, 0.4) is 0 Å². The number of anilines is 1. The average molecular weight is 557 g/mol. The second-order valence-corrected chi connectivity index (χ2v) is 9.71. The van der Waals surface area contributed by atoms with Crippen molar-refractivity contribution in [3.8, 4) is 0 Å². The lowest BCUT2D eigenvalue weighted by molar-refractivity contribution is -0.383. The minimum Gasteiger partial charge on any atom is -0.394 e. The van der Waals surface area contributed by atoms with E-state index in [1.165, 1.54) is 6.07 Å². The fourth-order valence-corrected chi connectivity index (χ4v) is 4.80. The largest absolute Gasteiger partial charge is 0.394 e. The van der Waals surface area contributed by atoms with Gasteiger partial charge in [-0.25, -0.2) is 4.63 Å². The number of nitrogens with zero attached hydrogens (tertiary/aromatic N) is 3. The molecule has 12 nitrogen and oxygen atoms in total. The number of fused-ring (bicyclic) bond motifs is 1. The molecule has 0 bridgehead atoms. The summed E-state index contributed by atoms with van der Waals surface area (Å²) in [5.41, 5.74) is 3.95. The van der Waals surface area contributed by atoms with Gasteiger partial charge in [-0.15, -0.1) is 0 Å². The molecule has 39 heavy (non-hydrogen) atoms. The Kier molecular flexibility index (Phi) is 7.75. The highest BCUT2D eigenvalue weighted by atomic mass is 35.5. The van der Waals surface area contributed by atoms with E-state index in [1.807, 2.05) is 24.3 Å². The van der Waals surface area contributed by atoms with Crippen molar-refractivity contribution in [1.82, 2.24) is 10.3 Å². The molecule has 0 radical (unpaired) electrons. The maximum absolute atomic E-state index is 11.2. The fraction of sp³-hybridized carbons (Fsp3) is 0.308. The molecule has 5 N–H and O–H groups in total. The molecule has 0 amide bonds. The smallest absolute Gasteiger partial charge is 0.300 e. The van der Waals surface area contributed by atoms with Crippen molar-refractivity contribution in [2.24, 2.45) is 0 Å². The molecular weight excluding hydrogens is 532 g/mol. The van der Waals surface area contributed by atoms with Crippen LogP contribution in [0, 0.1) is 10.1 Å². The Morgan fingerprint density at radius 1 is 0.949 bits per heavy atom. The number of nitro benzene ring substituents is 1. The average Bonchev–Trinajstić information content (AvgIpc) is 3.43. The molecule has 1 aromatic heterocycles. The standard InChI is InChI=1S/C26H25ClN4O8/c27-17-6-5-15(26-25(35)24(34)23(33)20(12-32)38-26)10-16(17)9-13-1-3-14(4-2-13)11-28-18-7-8-19(31(36)37)22-21(18)29-39-30-22/h1-8,10,20,23-26,28,32-35H,9,11-12H2. The molecule has 5 atom stereocenters. The van der Waals surface area contributed by atoms with Crippen LogP contribution in [0.15, 0.2) is 59.2 Å². The van der Waals surface area contributed by atoms with Crippen molar-refractivity contribution in [2.45, 2.75) is 43.5 Å². The molecule has 1 aliphatic heterocycles. The minimum absolute atomic E-state index is 0.0724. The van der Waals surface area contributed by atoms with Crippen LogP contribution >= 0.6 is 11.6 Å². The first-order chi connectivity index (χ1) is 18.8. The van der Waals surface area contributed by atoms with Gasteiger partial charge in [0, 0.05) is 17.6 Å². The maximum Gasteiger partial charge on any atom is 0.300 e. The van der Waals surface area contributed by atoms with Crippen LogP contribution in [0.2, 0.25) is 5.02 Å². The van der Waals surface area contributed by atoms with Crippen LogP contribution in [0.5, 0.6) is 0 Å². The zero-order valence-corrected chi connectivity index (χ0v) is 21.1. The Labute approximate surface area is 226 Å². The molecule has 1 saturated heterocycles. The number of benzene rings is 3. The summed E-state index contributed by atoms with van der Waals surface area (Å²) in [5.74, 6) is 0. The summed E-state index contributed by atoms with van der Waals surface area (Å²) in [6.07, 6.45) is -5.75. The van der Waals surface area contributed by atoms with E-state index in [2.05, 4.69) is 15.6 Å². The predicted molar refractivity (Wildman–Crippen MR) is 139 cm³/mol. The van der Waals surface area contributed by atoms with E-state index in [9.17, 15) is 30.5 Å². The van der Waals surface area contributed by atoms with Gasteiger partial charge in [-0.2, -0.15) is 0 Å². The first kappa shape index (κ1) is 26.9. The number of aliphatic hydroxyl groups is 4. The quantitative estimate of drug-likeness (QED) is 0.159. The molecule has 4 aromatic rings. The number of nitro groups is 1. The molecule has 1 aliphatic rings. The van der Waals surface area contributed by atoms with E-state index >= 15 is 0 Å². The summed E-state index contributed by atoms with van der Waals surface area (Å²) < 4.78 is 10.4. The lowest BCUT2D eigenvalue weighted by Crippen LogP contribution is -2.55. The Hall–Kier alpha value is -3.65. The second kappa shape index (κ2) is 11.2. The van der Waals surface area contributed by atoms with Gasteiger partial charge in [0.05, 0.1) is 17.2 Å². The van der Waals surface area contributed by atoms with Gasteiger partial charge in [0.15, 0.2) is 5.52 Å². The number of rotatable bonds is 8. The van der Waals surface area contributed by atoms with Gasteiger partial charge in [-0.3, -0.25) is 10.1 Å². The Bertz CT molecular complexity index is 1480. The summed E-state index contributed by atoms with van der Waals surface area (Å²) in [6.45, 7) is -0.0823. The number of hydrogen-bond acceptors (Lipinski definition) is 11. The summed E-state index contributed by atoms with van der Waals surface area (Å²) in [4.78, 5) is 10.6. The lowest BCUT2D eigenvalue weighted by Gasteiger charge is -2.40. The van der Waals surface area contributed by atoms with Gasteiger partial charge in [0.1, 0.15) is 30.5 Å². The Balaban J connectivity index is 1.28. The molecule has 204 valence electrons. The van der Waals surface area contributed by atoms with Crippen molar-refractivity contribution in [3.05, 3.63) is 92.0 Å². The number of nitrogens with one attached hydrogen (secondary N) is 1. The summed E-state index contributed by atoms with van der Waals surface area (Å²) in [7, 11) is 0. The number of aromatic nitrogens is 2. The van der Waals surface area contributed by atoms with E-state index in [4.69, 9.17) is 21.0 Å². The molecule has 5 unspecified atom stereocenters. The minimum atomic E-state index is -1.47. The molecule has 3 aromatic carbocycles. The molecule has 2 heterocycles. The zero-order chi connectivity index (χ0) is 27.7. The maximum atomic E-state index is 11.2. The second-order valence-electron chi connectivity index (χ2n) is 9.30. The van der Waals surface area contributed by atoms with Crippen LogP contribution in [0.25, 0.3) is 11.0 Å². The van der Waals surface area contributed by atoms with Crippen LogP contribution in [0.4, 0.5) is 11.4 Å². The predicted octanol–water partition coefficient (Wildman–Crippen LogP) is 2.50. The summed E-state index contributed by atoms with van der Waals surface area (Å²) >= 11 is 6.44. The van der Waals surface area contributed by atoms with Crippen LogP contribution < -0.4 is 5.32 Å². The van der Waals surface area contributed by atoms with Gasteiger partial charge in [0.2, 0.25) is 5.52 Å². The third kappa shape index (κ3) is 5.43. The molecule has 0 spiro atoms. The SMILES string of the molecule is O=[N+]([O-])c1ccc(NCc2ccc(Cc3cc(C4OC(CO)C(O)C(O)C4O)ccc3Cl)cc2)c2nonc12. The van der Waals surface area contributed by atoms with Crippen molar-refractivity contribution >= 4 is 34.0 Å². The van der Waals surface area contributed by atoms with Gasteiger partial charge >= 0.3 is 5.69 Å². The van der Waals surface area contributed by atoms with E-state index < -0.39 is 42.1 Å². The number of ether oxygens (including phenoxy) is 1. The van der Waals surface area contributed by atoms with Crippen molar-refractivity contribution in [2.75, 3.05) is 11.9 Å². The topological polar surface area (TPSA) is 184 Å². The monoisotopic (exact) mass is 556 g/mol. The van der Waals surface area contributed by atoms with Gasteiger partial charge in [0.25, 0.3) is 0 Å². The molecule has 1 fully saturated rings. The number of halogens is 1. The number of non-ortho nitro benzene ring substituents is 1. The fourth-order valence-electron chi connectivity index (χ4n) is 4.62. The Morgan fingerprint density at radius 3 is 2.38 bits per heavy atom. The van der Waals surface area contributed by atoms with Crippen molar-refractivity contribution in [1.29, 1.82) is 0 Å². The number of hydrogen-bond donors (Lipinski definition) is 5. The van der Waals surface area contributed by atoms with Crippen molar-refractivity contribution in [3.63, 3.8) is 0 Å². The van der Waals surface area contributed by atoms with Gasteiger partial charge in [-0.05, 0) is 51.1 Å². The Morgan fingerprint density at radius 2 is 1.67 bits per heavy atom. The molecule has 13 heteroatoms. The van der Waals surface area contributed by atoms with E-state index in [0.29, 0.717) is 29.2 Å². The third-order valence-corrected chi connectivity index (χ3v) is 7.15. The van der Waals surface area contributed by atoms with E-state index in [-0.39, 0.29) is 16.7 Å². The highest BCUT2D eigenvalue weighted by molar-refractivity contribution is 6.31. The highest BCUT2D eigenvalue weighted by Gasteiger charge is 2.44. The normalized spacial score (nSPS) is 23.2. The van der Waals surface area contributed by atoms with E-state index in [0.717, 1.165) is 16.7 Å². The summed E-state index contributed by atoms with van der Waals surface area (Å²) in [6, 6.07) is 15.8. The molecule has 5 rings (SSSR count). The number of aliphatic hydroxyl groups excluding tert-OH is 4. The van der Waals surface area contributed by atoms with Crippen LogP contribution in [0.1, 0.15) is 28.4 Å². The zero-order valence-electron chi connectivity index (χ0n) is 20.3. The highest BCUT2D eigenvalue weighted by Crippen LogP contribution is 2.34. The van der Waals surface area contributed by atoms with Gasteiger partial charge < -0.3 is 30.5 Å². The first-order valence-corrected chi connectivity index (χ1v) is 12.4. The third-order valence-electron chi connectivity index (χ3n) is 6.78. The van der Waals surface area contributed by atoms with Crippen LogP contribution in [-0.2, 0) is 17.7 Å². The van der Waals surface area contributed by atoms with Crippen LogP contribution in [-0.4, -0.2) is 66.7 Å². The summed E-state index contributed by atoms with van der Waals surface area (Å²) in [5, 5.41) is 62.4. The van der Waals surface area contributed by atoms with E-state index in [1.54, 1.807) is 24.3 Å². The van der Waals surface area contributed by atoms with Crippen molar-refractivity contribution < 1.29 is 34.7 Å². The van der Waals surface area contributed by atoms with Gasteiger partial charge in [-0.1, -0.05) is 48.0 Å². The molecule has 0 saturated carbocycles. The molecular formula is C26H25ClN4O8.